The molecule has 0 N–H and O–H groups in total. The van der Waals surface area contributed by atoms with Crippen LogP contribution in [0.3, 0.4) is 0 Å². The molecule has 4 aliphatic carbocycles. The maximum atomic E-state index is 12.6. The van der Waals surface area contributed by atoms with Crippen LogP contribution >= 0.6 is 0 Å². The summed E-state index contributed by atoms with van der Waals surface area (Å²) in [5, 5.41) is 0. The third-order valence-electron chi connectivity index (χ3n) is 14.5. The highest BCUT2D eigenvalue weighted by molar-refractivity contribution is 5.66. The second-order valence-electron chi connectivity index (χ2n) is 17.6. The number of ether oxygens (including phenoxy) is 2. The minimum atomic E-state index is -0.121. The summed E-state index contributed by atoms with van der Waals surface area (Å²) in [4.78, 5) is 30.4. The summed E-state index contributed by atoms with van der Waals surface area (Å²) in [6, 6.07) is 0.660. The molecule has 250 valence electrons. The molecule has 8 nitrogen and oxygen atoms in total. The SMILES string of the molecule is CC[C@]12CCC3C(CCC4CC(OC(C)=O)C(N5CC[N+](C)(C)CC5)C[C@@]43C)C1CC(N1CC[N+](C)(C)CC1)C2OC(C)=O. The van der Waals surface area contributed by atoms with E-state index in [-0.39, 0.29) is 35.0 Å². The monoisotopic (exact) mass is 616 g/mol. The molecule has 2 heterocycles. The van der Waals surface area contributed by atoms with Crippen LogP contribution in [0.4, 0.5) is 0 Å². The third kappa shape index (κ3) is 5.77. The highest BCUT2D eigenvalue weighted by Crippen LogP contribution is 2.68. The Balaban J connectivity index is 1.28. The van der Waals surface area contributed by atoms with Crippen molar-refractivity contribution >= 4 is 11.9 Å². The molecule has 0 bridgehead atoms. The summed E-state index contributed by atoms with van der Waals surface area (Å²) in [5.41, 5.74) is 0.348. The molecule has 0 aromatic rings. The van der Waals surface area contributed by atoms with Gasteiger partial charge in [-0.25, -0.2) is 0 Å². The van der Waals surface area contributed by atoms with Crippen molar-refractivity contribution in [3.8, 4) is 0 Å². The van der Waals surface area contributed by atoms with Crippen LogP contribution in [0, 0.1) is 34.5 Å². The van der Waals surface area contributed by atoms with E-state index in [4.69, 9.17) is 9.47 Å². The summed E-state index contributed by atoms with van der Waals surface area (Å²) < 4.78 is 14.7. The zero-order valence-corrected chi connectivity index (χ0v) is 29.4. The number of hydrogen-bond donors (Lipinski definition) is 0. The zero-order chi connectivity index (χ0) is 31.7. The molecule has 0 aromatic heterocycles. The number of esters is 2. The van der Waals surface area contributed by atoms with E-state index < -0.39 is 0 Å². The van der Waals surface area contributed by atoms with Gasteiger partial charge in [0.1, 0.15) is 12.2 Å². The average molecular weight is 617 g/mol. The van der Waals surface area contributed by atoms with Crippen LogP contribution in [0.15, 0.2) is 0 Å². The quantitative estimate of drug-likeness (QED) is 0.344. The first kappa shape index (κ1) is 32.7. The van der Waals surface area contributed by atoms with Crippen LogP contribution in [0.1, 0.15) is 79.1 Å². The number of carbonyl (C=O) groups excluding carboxylic acids is 2. The number of nitrogens with zero attached hydrogens (tertiary/aromatic N) is 4. The van der Waals surface area contributed by atoms with E-state index in [0.717, 1.165) is 80.6 Å². The highest BCUT2D eigenvalue weighted by atomic mass is 16.5. The van der Waals surface area contributed by atoms with Crippen molar-refractivity contribution in [3.05, 3.63) is 0 Å². The summed E-state index contributed by atoms with van der Waals surface area (Å²) in [6.45, 7) is 17.2. The molecule has 6 fully saturated rings. The van der Waals surface area contributed by atoms with E-state index in [2.05, 4.69) is 51.8 Å². The van der Waals surface area contributed by atoms with E-state index in [1.54, 1.807) is 13.8 Å². The number of fused-ring (bicyclic) bond motifs is 5. The van der Waals surface area contributed by atoms with Crippen LogP contribution in [-0.4, -0.2) is 136 Å². The van der Waals surface area contributed by atoms with Crippen molar-refractivity contribution in [2.75, 3.05) is 80.5 Å². The fourth-order valence-electron chi connectivity index (χ4n) is 11.8. The first-order valence-electron chi connectivity index (χ1n) is 18.1. The fraction of sp³-hybridized carbons (Fsp3) is 0.944. The molecule has 0 spiro atoms. The Morgan fingerprint density at radius 2 is 1.34 bits per heavy atom. The van der Waals surface area contributed by atoms with Gasteiger partial charge in [0, 0.05) is 57.5 Å². The van der Waals surface area contributed by atoms with Gasteiger partial charge in [-0.05, 0) is 80.5 Å². The predicted octanol–water partition coefficient (Wildman–Crippen LogP) is 4.02. The molecule has 8 unspecified atom stereocenters. The summed E-state index contributed by atoms with van der Waals surface area (Å²) in [5.74, 6) is 2.38. The predicted molar refractivity (Wildman–Crippen MR) is 173 cm³/mol. The van der Waals surface area contributed by atoms with Crippen molar-refractivity contribution in [1.82, 2.24) is 9.80 Å². The lowest BCUT2D eigenvalue weighted by Crippen LogP contribution is -2.64. The normalized spacial score (nSPS) is 45.5. The molecule has 10 atom stereocenters. The van der Waals surface area contributed by atoms with E-state index in [9.17, 15) is 9.59 Å². The number of hydrogen-bond acceptors (Lipinski definition) is 6. The number of rotatable bonds is 5. The Morgan fingerprint density at radius 3 is 1.89 bits per heavy atom. The van der Waals surface area contributed by atoms with Crippen LogP contribution in [-0.2, 0) is 19.1 Å². The smallest absolute Gasteiger partial charge is 0.302 e. The van der Waals surface area contributed by atoms with E-state index >= 15 is 0 Å². The van der Waals surface area contributed by atoms with Gasteiger partial charge in [0.25, 0.3) is 0 Å². The first-order chi connectivity index (χ1) is 20.7. The molecule has 6 aliphatic rings. The molecule has 0 aromatic carbocycles. The van der Waals surface area contributed by atoms with Crippen LogP contribution in [0.5, 0.6) is 0 Å². The Hall–Kier alpha value is -1.22. The van der Waals surface area contributed by atoms with Gasteiger partial charge < -0.3 is 18.4 Å². The summed E-state index contributed by atoms with van der Waals surface area (Å²) in [7, 11) is 9.38. The molecule has 44 heavy (non-hydrogen) atoms. The second-order valence-corrected chi connectivity index (χ2v) is 17.6. The van der Waals surface area contributed by atoms with Crippen molar-refractivity contribution in [1.29, 1.82) is 0 Å². The van der Waals surface area contributed by atoms with E-state index in [1.807, 2.05) is 0 Å². The summed E-state index contributed by atoms with van der Waals surface area (Å²) in [6.07, 6.45) is 9.39. The number of piperazine rings is 2. The minimum Gasteiger partial charge on any atom is -0.461 e. The topological polar surface area (TPSA) is 59.1 Å². The second kappa shape index (κ2) is 11.8. The van der Waals surface area contributed by atoms with Crippen LogP contribution in [0.25, 0.3) is 0 Å². The lowest BCUT2D eigenvalue weighted by Gasteiger charge is -2.63. The van der Waals surface area contributed by atoms with Gasteiger partial charge in [0.05, 0.1) is 54.4 Å². The van der Waals surface area contributed by atoms with Gasteiger partial charge in [-0.2, -0.15) is 0 Å². The van der Waals surface area contributed by atoms with Crippen molar-refractivity contribution in [2.45, 2.75) is 103 Å². The zero-order valence-electron chi connectivity index (χ0n) is 29.4. The number of quaternary nitrogens is 2. The van der Waals surface area contributed by atoms with Gasteiger partial charge in [0.2, 0.25) is 0 Å². The molecule has 0 amide bonds. The highest BCUT2D eigenvalue weighted by Gasteiger charge is 2.66. The van der Waals surface area contributed by atoms with Gasteiger partial charge >= 0.3 is 11.9 Å². The van der Waals surface area contributed by atoms with Crippen LogP contribution < -0.4 is 0 Å². The number of carbonyl (C=O) groups is 2. The number of likely N-dealkylation sites (N-methyl/N-ethyl adjacent to an activating group) is 2. The standard InChI is InChI=1S/C36H64N4O4/c1-9-36-13-12-29-28(30(36)23-31(34(36)44-26(3)42)37-14-18-39(5,6)19-15-37)11-10-27-22-33(43-25(2)41)32(24-35(27,29)4)38-16-20-40(7,8)21-17-38/h27-34H,9-24H2,1-8H3/q+2/t27?,28?,29?,30?,31?,32?,33?,34?,35-,36-/m0/s1. The van der Waals surface area contributed by atoms with Gasteiger partial charge in [0.15, 0.2) is 0 Å². The maximum absolute atomic E-state index is 12.6. The Morgan fingerprint density at radius 1 is 0.773 bits per heavy atom. The molecule has 2 aliphatic heterocycles. The van der Waals surface area contributed by atoms with Gasteiger partial charge in [-0.15, -0.1) is 0 Å². The van der Waals surface area contributed by atoms with E-state index in [0.29, 0.717) is 35.8 Å². The van der Waals surface area contributed by atoms with Crippen molar-refractivity contribution in [2.24, 2.45) is 34.5 Å². The lowest BCUT2D eigenvalue weighted by atomic mass is 9.44. The maximum Gasteiger partial charge on any atom is 0.302 e. The van der Waals surface area contributed by atoms with Gasteiger partial charge in [-0.3, -0.25) is 19.4 Å². The molecule has 0 radical (unpaired) electrons. The lowest BCUT2D eigenvalue weighted by molar-refractivity contribution is -0.894. The molecule has 6 rings (SSSR count). The third-order valence-corrected chi connectivity index (χ3v) is 14.5. The van der Waals surface area contributed by atoms with Crippen LogP contribution in [0.2, 0.25) is 0 Å². The van der Waals surface area contributed by atoms with Gasteiger partial charge in [-0.1, -0.05) is 13.8 Å². The minimum absolute atomic E-state index is 0.0115. The fourth-order valence-corrected chi connectivity index (χ4v) is 11.8. The Bertz CT molecular complexity index is 1080. The molecular weight excluding hydrogens is 552 g/mol. The van der Waals surface area contributed by atoms with Crippen molar-refractivity contribution in [3.63, 3.8) is 0 Å². The molecule has 8 heteroatoms. The average Bonchev–Trinajstić information content (AvgIpc) is 3.27. The summed E-state index contributed by atoms with van der Waals surface area (Å²) >= 11 is 0. The Labute approximate surface area is 267 Å². The largest absolute Gasteiger partial charge is 0.461 e. The first-order valence-corrected chi connectivity index (χ1v) is 18.1. The molecule has 2 saturated heterocycles. The van der Waals surface area contributed by atoms with E-state index in [1.165, 1.54) is 32.1 Å². The molecular formula is C36H64N4O4+2. The Kier molecular flexibility index (Phi) is 8.76. The van der Waals surface area contributed by atoms with Crippen molar-refractivity contribution < 1.29 is 28.0 Å². The molecule has 4 saturated carbocycles.